The van der Waals surface area contributed by atoms with E-state index in [9.17, 15) is 4.79 Å². The molecule has 0 saturated carbocycles. The molecule has 1 amide bonds. The molecule has 4 rings (SSSR count). The van der Waals surface area contributed by atoms with Crippen molar-refractivity contribution in [3.8, 4) is 5.75 Å². The van der Waals surface area contributed by atoms with Crippen LogP contribution < -0.4 is 4.74 Å². The fourth-order valence-corrected chi connectivity index (χ4v) is 4.31. The molecule has 0 N–H and O–H groups in total. The lowest BCUT2D eigenvalue weighted by Gasteiger charge is -2.20. The quantitative estimate of drug-likeness (QED) is 0.447. The second-order valence-corrected chi connectivity index (χ2v) is 8.15. The summed E-state index contributed by atoms with van der Waals surface area (Å²) in [4.78, 5) is 19.6. The Morgan fingerprint density at radius 2 is 1.96 bits per heavy atom. The van der Waals surface area contributed by atoms with Crippen molar-refractivity contribution in [2.75, 3.05) is 19.0 Å². The highest BCUT2D eigenvalue weighted by Crippen LogP contribution is 2.34. The fourth-order valence-electron chi connectivity index (χ4n) is 4.12. The van der Waals surface area contributed by atoms with E-state index in [-0.39, 0.29) is 11.9 Å². The lowest BCUT2D eigenvalue weighted by atomic mass is 10.0. The highest BCUT2D eigenvalue weighted by molar-refractivity contribution is 6.17. The number of alkyl halides is 1. The van der Waals surface area contributed by atoms with Crippen LogP contribution in [0.25, 0.3) is 10.8 Å². The number of aryl methyl sites for hydroxylation is 1. The van der Waals surface area contributed by atoms with Crippen molar-refractivity contribution in [3.05, 3.63) is 35.4 Å². The van der Waals surface area contributed by atoms with Crippen LogP contribution in [-0.2, 0) is 0 Å². The van der Waals surface area contributed by atoms with Crippen LogP contribution in [0.2, 0.25) is 0 Å². The van der Waals surface area contributed by atoms with E-state index in [2.05, 4.69) is 24.0 Å². The number of carbonyl (C=O) groups is 1. The molecule has 0 radical (unpaired) electrons. The Balaban J connectivity index is 1.56. The summed E-state index contributed by atoms with van der Waals surface area (Å²) in [5.74, 6) is 1.75. The number of amides is 1. The zero-order valence-corrected chi connectivity index (χ0v) is 17.2. The average molecular weight is 399 g/mol. The summed E-state index contributed by atoms with van der Waals surface area (Å²) in [7, 11) is 0. The van der Waals surface area contributed by atoms with Crippen molar-refractivity contribution in [2.45, 2.75) is 51.5 Å². The van der Waals surface area contributed by atoms with Gasteiger partial charge in [-0.2, -0.15) is 0 Å². The lowest BCUT2D eigenvalue weighted by Crippen LogP contribution is -2.35. The molecule has 5 heteroatoms. The molecule has 2 aromatic carbocycles. The minimum absolute atomic E-state index is 0.104. The number of nitrogens with zero attached hydrogens (tertiary/aromatic N) is 2. The monoisotopic (exact) mass is 398 g/mol. The Morgan fingerprint density at radius 1 is 1.14 bits per heavy atom. The Morgan fingerprint density at radius 3 is 2.82 bits per heavy atom. The van der Waals surface area contributed by atoms with Gasteiger partial charge in [-0.1, -0.05) is 12.8 Å². The van der Waals surface area contributed by atoms with Gasteiger partial charge in [0, 0.05) is 18.6 Å². The zero-order valence-electron chi connectivity index (χ0n) is 16.4. The molecule has 148 valence electrons. The zero-order chi connectivity index (χ0) is 19.5. The molecule has 0 spiro atoms. The number of halogens is 1. The first-order chi connectivity index (χ1) is 13.7. The molecule has 1 atom stereocenters. The Labute approximate surface area is 171 Å². The van der Waals surface area contributed by atoms with Gasteiger partial charge < -0.3 is 9.64 Å². The molecule has 28 heavy (non-hydrogen) atoms. The van der Waals surface area contributed by atoms with E-state index in [0.29, 0.717) is 12.2 Å². The first kappa shape index (κ1) is 19.3. The van der Waals surface area contributed by atoms with E-state index in [1.165, 1.54) is 0 Å². The Kier molecular flexibility index (Phi) is 5.86. The number of rotatable bonds is 7. The van der Waals surface area contributed by atoms with E-state index >= 15 is 0 Å². The first-order valence-electron chi connectivity index (χ1n) is 10.3. The average Bonchev–Trinajstić information content (AvgIpc) is 3.12. The largest absolute Gasteiger partial charge is 0.493 e. The molecular weight excluding hydrogens is 372 g/mol. The van der Waals surface area contributed by atoms with Gasteiger partial charge in [-0.15, -0.1) is 11.6 Å². The van der Waals surface area contributed by atoms with E-state index in [4.69, 9.17) is 16.3 Å². The molecule has 2 aliphatic heterocycles. The van der Waals surface area contributed by atoms with Gasteiger partial charge in [0.05, 0.1) is 23.9 Å². The maximum absolute atomic E-state index is 13.0. The lowest BCUT2D eigenvalue weighted by molar-refractivity contribution is 0.0775. The van der Waals surface area contributed by atoms with Gasteiger partial charge in [0.15, 0.2) is 0 Å². The normalized spacial score (nSPS) is 18.3. The number of benzene rings is 2. The van der Waals surface area contributed by atoms with Gasteiger partial charge in [-0.3, -0.25) is 9.79 Å². The molecule has 0 aliphatic carbocycles. The van der Waals surface area contributed by atoms with E-state index in [1.807, 2.05) is 23.2 Å². The van der Waals surface area contributed by atoms with Gasteiger partial charge in [-0.25, -0.2) is 0 Å². The summed E-state index contributed by atoms with van der Waals surface area (Å²) in [5.41, 5.74) is 2.57. The van der Waals surface area contributed by atoms with Crippen molar-refractivity contribution in [1.29, 1.82) is 0 Å². The second-order valence-electron chi connectivity index (χ2n) is 7.77. The number of unbranched alkanes of at least 4 members (excludes halogenated alkanes) is 3. The van der Waals surface area contributed by atoms with Gasteiger partial charge >= 0.3 is 0 Å². The predicted octanol–water partition coefficient (Wildman–Crippen LogP) is 5.65. The summed E-state index contributed by atoms with van der Waals surface area (Å²) in [5, 5.41) is 2.13. The van der Waals surface area contributed by atoms with Crippen LogP contribution in [0, 0.1) is 6.92 Å². The fraction of sp³-hybridized carbons (Fsp3) is 0.478. The predicted molar refractivity (Wildman–Crippen MR) is 116 cm³/mol. The number of fused-ring (bicyclic) bond motifs is 3. The summed E-state index contributed by atoms with van der Waals surface area (Å²) >= 11 is 5.72. The van der Waals surface area contributed by atoms with E-state index in [0.717, 1.165) is 78.7 Å². The minimum atomic E-state index is 0.104. The molecular formula is C23H27ClN2O2. The molecule has 0 unspecified atom stereocenters. The summed E-state index contributed by atoms with van der Waals surface area (Å²) in [6, 6.07) is 8.35. The van der Waals surface area contributed by atoms with Crippen molar-refractivity contribution >= 4 is 40.2 Å². The van der Waals surface area contributed by atoms with Gasteiger partial charge in [0.25, 0.3) is 5.91 Å². The molecule has 0 bridgehead atoms. The number of carbonyl (C=O) groups excluding carboxylic acids is 1. The van der Waals surface area contributed by atoms with E-state index in [1.54, 1.807) is 0 Å². The number of hydrogen-bond donors (Lipinski definition) is 0. The molecule has 1 fully saturated rings. The topological polar surface area (TPSA) is 41.9 Å². The van der Waals surface area contributed by atoms with Crippen LogP contribution in [0.3, 0.4) is 0 Å². The van der Waals surface area contributed by atoms with Crippen LogP contribution in [0.1, 0.15) is 54.4 Å². The van der Waals surface area contributed by atoms with Gasteiger partial charge in [0.2, 0.25) is 0 Å². The molecule has 4 nitrogen and oxygen atoms in total. The van der Waals surface area contributed by atoms with Crippen molar-refractivity contribution in [1.82, 2.24) is 4.90 Å². The number of hydrogen-bond acceptors (Lipinski definition) is 3. The third-order valence-electron chi connectivity index (χ3n) is 5.71. The standard InChI is InChI=1S/C23H27ClN2O2/c1-16-11-17-12-20-21(25-15-19-7-6-9-26(19)23(20)27)13-18(17)14-22(16)28-10-5-3-2-4-8-24/h11-15,19H,2-10H2,1H3/t19-/m0/s1. The van der Waals surface area contributed by atoms with Crippen LogP contribution >= 0.6 is 11.6 Å². The van der Waals surface area contributed by atoms with Crippen LogP contribution in [0.5, 0.6) is 5.75 Å². The van der Waals surface area contributed by atoms with Crippen molar-refractivity contribution < 1.29 is 9.53 Å². The maximum atomic E-state index is 13.0. The second kappa shape index (κ2) is 8.52. The third-order valence-corrected chi connectivity index (χ3v) is 5.98. The Hall–Kier alpha value is -2.07. The van der Waals surface area contributed by atoms with Crippen LogP contribution in [0.15, 0.2) is 29.3 Å². The van der Waals surface area contributed by atoms with Gasteiger partial charge in [-0.05, 0) is 73.2 Å². The van der Waals surface area contributed by atoms with Crippen molar-refractivity contribution in [3.63, 3.8) is 0 Å². The SMILES string of the molecule is Cc1cc2cc3c(cc2cc1OCCCCCCCl)N=C[C@@H]1CCCN1C3=O. The first-order valence-corrected chi connectivity index (χ1v) is 10.8. The summed E-state index contributed by atoms with van der Waals surface area (Å²) in [6.45, 7) is 3.60. The molecule has 1 saturated heterocycles. The Bertz CT molecular complexity index is 909. The highest BCUT2D eigenvalue weighted by atomic mass is 35.5. The molecule has 2 aliphatic rings. The molecule has 2 aromatic rings. The maximum Gasteiger partial charge on any atom is 0.256 e. The highest BCUT2D eigenvalue weighted by Gasteiger charge is 2.31. The molecule has 2 heterocycles. The minimum Gasteiger partial charge on any atom is -0.493 e. The van der Waals surface area contributed by atoms with Crippen molar-refractivity contribution in [2.24, 2.45) is 4.99 Å². The van der Waals surface area contributed by atoms with Crippen LogP contribution in [0.4, 0.5) is 5.69 Å². The van der Waals surface area contributed by atoms with Gasteiger partial charge in [0.1, 0.15) is 5.75 Å². The van der Waals surface area contributed by atoms with Crippen LogP contribution in [-0.4, -0.2) is 42.1 Å². The number of ether oxygens (including phenoxy) is 1. The summed E-state index contributed by atoms with van der Waals surface area (Å²) < 4.78 is 6.03. The number of aliphatic imine (C=N–C) groups is 1. The third kappa shape index (κ3) is 3.88. The molecule has 0 aromatic heterocycles. The van der Waals surface area contributed by atoms with E-state index < -0.39 is 0 Å². The summed E-state index contributed by atoms with van der Waals surface area (Å²) in [6.07, 6.45) is 8.39. The smallest absolute Gasteiger partial charge is 0.256 e.